The summed E-state index contributed by atoms with van der Waals surface area (Å²) in [5.74, 6) is 0. The Hall–Kier alpha value is -0.590. The van der Waals surface area contributed by atoms with Crippen LogP contribution in [0.2, 0.25) is 0 Å². The maximum atomic E-state index is 12.1. The first-order valence-corrected chi connectivity index (χ1v) is 6.89. The highest BCUT2D eigenvalue weighted by molar-refractivity contribution is 9.10. The maximum absolute atomic E-state index is 12.1. The molecule has 0 fully saturated rings. The van der Waals surface area contributed by atoms with Gasteiger partial charge in [0.2, 0.25) is 10.0 Å². The SMILES string of the molecule is CN(C)c1cc(Br)ccc1S(=O)(=O)N(C)C. The van der Waals surface area contributed by atoms with Gasteiger partial charge in [-0.1, -0.05) is 15.9 Å². The van der Waals surface area contributed by atoms with Crippen LogP contribution in [0.25, 0.3) is 0 Å². The van der Waals surface area contributed by atoms with Gasteiger partial charge in [0, 0.05) is 32.7 Å². The van der Waals surface area contributed by atoms with Gasteiger partial charge in [-0.3, -0.25) is 0 Å². The van der Waals surface area contributed by atoms with Crippen LogP contribution in [0.5, 0.6) is 0 Å². The van der Waals surface area contributed by atoms with E-state index < -0.39 is 10.0 Å². The molecule has 1 aromatic rings. The number of sulfonamides is 1. The lowest BCUT2D eigenvalue weighted by molar-refractivity contribution is 0.521. The summed E-state index contributed by atoms with van der Waals surface area (Å²) in [5.41, 5.74) is 0.670. The molecule has 0 heterocycles. The van der Waals surface area contributed by atoms with Crippen LogP contribution in [0.15, 0.2) is 27.6 Å². The molecule has 0 aromatic heterocycles. The van der Waals surface area contributed by atoms with Crippen molar-refractivity contribution >= 4 is 31.6 Å². The topological polar surface area (TPSA) is 40.6 Å². The normalized spacial score (nSPS) is 11.9. The largest absolute Gasteiger partial charge is 0.377 e. The van der Waals surface area contributed by atoms with Crippen molar-refractivity contribution in [3.63, 3.8) is 0 Å². The number of halogens is 1. The van der Waals surface area contributed by atoms with Gasteiger partial charge in [0.1, 0.15) is 4.90 Å². The monoisotopic (exact) mass is 306 g/mol. The molecule has 0 atom stereocenters. The smallest absolute Gasteiger partial charge is 0.244 e. The Morgan fingerprint density at radius 2 is 1.69 bits per heavy atom. The summed E-state index contributed by atoms with van der Waals surface area (Å²) in [6.07, 6.45) is 0. The van der Waals surface area contributed by atoms with Crippen molar-refractivity contribution in [1.82, 2.24) is 4.31 Å². The Kier molecular flexibility index (Phi) is 3.98. The van der Waals surface area contributed by atoms with Gasteiger partial charge in [-0.25, -0.2) is 12.7 Å². The van der Waals surface area contributed by atoms with E-state index in [-0.39, 0.29) is 0 Å². The first-order valence-electron chi connectivity index (χ1n) is 4.66. The first kappa shape index (κ1) is 13.5. The highest BCUT2D eigenvalue weighted by atomic mass is 79.9. The van der Waals surface area contributed by atoms with Crippen LogP contribution in [-0.2, 0) is 10.0 Å². The summed E-state index contributed by atoms with van der Waals surface area (Å²) in [4.78, 5) is 2.09. The van der Waals surface area contributed by atoms with Crippen molar-refractivity contribution < 1.29 is 8.42 Å². The molecule has 0 aliphatic rings. The Balaban J connectivity index is 3.46. The Morgan fingerprint density at radius 3 is 2.12 bits per heavy atom. The minimum Gasteiger partial charge on any atom is -0.377 e. The van der Waals surface area contributed by atoms with E-state index in [0.717, 1.165) is 4.47 Å². The van der Waals surface area contributed by atoms with Gasteiger partial charge < -0.3 is 4.90 Å². The fraction of sp³-hybridized carbons (Fsp3) is 0.400. The second-order valence-electron chi connectivity index (χ2n) is 3.79. The molecule has 0 aliphatic heterocycles. The Morgan fingerprint density at radius 1 is 1.12 bits per heavy atom. The standard InChI is InChI=1S/C10H15BrN2O2S/c1-12(2)9-7-8(11)5-6-10(9)16(14,15)13(3)4/h5-7H,1-4H3. The lowest BCUT2D eigenvalue weighted by atomic mass is 10.3. The van der Waals surface area contributed by atoms with Crippen molar-refractivity contribution in [2.24, 2.45) is 0 Å². The third-order valence-corrected chi connectivity index (χ3v) is 4.52. The first-order chi connectivity index (χ1) is 7.26. The lowest BCUT2D eigenvalue weighted by Crippen LogP contribution is -2.24. The molecule has 0 unspecified atom stereocenters. The van der Waals surface area contributed by atoms with Gasteiger partial charge in [-0.2, -0.15) is 0 Å². The molecule has 6 heteroatoms. The molecule has 0 radical (unpaired) electrons. The molecule has 0 spiro atoms. The molecule has 90 valence electrons. The molecule has 0 amide bonds. The molecule has 0 saturated carbocycles. The number of hydrogen-bond donors (Lipinski definition) is 0. The van der Waals surface area contributed by atoms with Gasteiger partial charge in [0.05, 0.1) is 5.69 Å². The Bertz CT molecular complexity index is 484. The number of benzene rings is 1. The van der Waals surface area contributed by atoms with E-state index in [4.69, 9.17) is 0 Å². The molecule has 0 saturated heterocycles. The van der Waals surface area contributed by atoms with Crippen molar-refractivity contribution in [1.29, 1.82) is 0 Å². The van der Waals surface area contributed by atoms with Gasteiger partial charge >= 0.3 is 0 Å². The van der Waals surface area contributed by atoms with Crippen molar-refractivity contribution in [3.8, 4) is 0 Å². The van der Waals surface area contributed by atoms with E-state index in [0.29, 0.717) is 10.6 Å². The Labute approximate surface area is 105 Å². The van der Waals surface area contributed by atoms with Crippen LogP contribution in [0.3, 0.4) is 0 Å². The van der Waals surface area contributed by atoms with E-state index in [1.807, 2.05) is 14.1 Å². The number of anilines is 1. The van der Waals surface area contributed by atoms with E-state index in [9.17, 15) is 8.42 Å². The quantitative estimate of drug-likeness (QED) is 0.854. The second kappa shape index (κ2) is 4.73. The van der Waals surface area contributed by atoms with E-state index in [2.05, 4.69) is 15.9 Å². The van der Waals surface area contributed by atoms with Crippen molar-refractivity contribution in [2.75, 3.05) is 33.1 Å². The average Bonchev–Trinajstić information content (AvgIpc) is 2.16. The maximum Gasteiger partial charge on any atom is 0.244 e. The fourth-order valence-corrected chi connectivity index (χ4v) is 2.74. The van der Waals surface area contributed by atoms with Crippen molar-refractivity contribution in [3.05, 3.63) is 22.7 Å². The van der Waals surface area contributed by atoms with Crippen LogP contribution < -0.4 is 4.90 Å². The average molecular weight is 307 g/mol. The minimum absolute atomic E-state index is 0.311. The van der Waals surface area contributed by atoms with Crippen LogP contribution in [-0.4, -0.2) is 40.9 Å². The van der Waals surface area contributed by atoms with E-state index >= 15 is 0 Å². The van der Waals surface area contributed by atoms with Crippen LogP contribution in [0.1, 0.15) is 0 Å². The number of hydrogen-bond acceptors (Lipinski definition) is 3. The van der Waals surface area contributed by atoms with E-state index in [1.165, 1.54) is 18.4 Å². The molecule has 1 rings (SSSR count). The third-order valence-electron chi connectivity index (χ3n) is 2.16. The predicted octanol–water partition coefficient (Wildman–Crippen LogP) is 1.77. The molecule has 0 N–H and O–H groups in total. The van der Waals surface area contributed by atoms with Gasteiger partial charge in [0.25, 0.3) is 0 Å². The van der Waals surface area contributed by atoms with E-state index in [1.54, 1.807) is 23.1 Å². The molecule has 0 aliphatic carbocycles. The number of nitrogens with zero attached hydrogens (tertiary/aromatic N) is 2. The van der Waals surface area contributed by atoms with Crippen LogP contribution >= 0.6 is 15.9 Å². The third kappa shape index (κ3) is 2.56. The van der Waals surface area contributed by atoms with Crippen molar-refractivity contribution in [2.45, 2.75) is 4.90 Å². The van der Waals surface area contributed by atoms with Gasteiger partial charge in [-0.05, 0) is 18.2 Å². The summed E-state index contributed by atoms with van der Waals surface area (Å²) < 4.78 is 26.2. The summed E-state index contributed by atoms with van der Waals surface area (Å²) in [6.45, 7) is 0. The van der Waals surface area contributed by atoms with Crippen LogP contribution in [0.4, 0.5) is 5.69 Å². The summed E-state index contributed by atoms with van der Waals surface area (Å²) in [7, 11) is 3.28. The molecule has 16 heavy (non-hydrogen) atoms. The highest BCUT2D eigenvalue weighted by Crippen LogP contribution is 2.28. The second-order valence-corrected chi connectivity index (χ2v) is 6.83. The number of rotatable bonds is 3. The molecular weight excluding hydrogens is 292 g/mol. The van der Waals surface area contributed by atoms with Crippen LogP contribution in [0, 0.1) is 0 Å². The van der Waals surface area contributed by atoms with Gasteiger partial charge in [-0.15, -0.1) is 0 Å². The summed E-state index contributed by atoms with van der Waals surface area (Å²) in [6, 6.07) is 5.12. The summed E-state index contributed by atoms with van der Waals surface area (Å²) >= 11 is 3.33. The minimum atomic E-state index is -3.40. The zero-order chi connectivity index (χ0) is 12.5. The zero-order valence-corrected chi connectivity index (χ0v) is 12.1. The molecule has 1 aromatic carbocycles. The highest BCUT2D eigenvalue weighted by Gasteiger charge is 2.22. The van der Waals surface area contributed by atoms with Gasteiger partial charge in [0.15, 0.2) is 0 Å². The zero-order valence-electron chi connectivity index (χ0n) is 9.73. The summed E-state index contributed by atoms with van der Waals surface area (Å²) in [5, 5.41) is 0. The predicted molar refractivity (Wildman–Crippen MR) is 69.3 cm³/mol. The fourth-order valence-electron chi connectivity index (χ4n) is 1.25. The molecule has 4 nitrogen and oxygen atoms in total. The molecular formula is C10H15BrN2O2S. The lowest BCUT2D eigenvalue weighted by Gasteiger charge is -2.20. The molecule has 0 bridgehead atoms.